The summed E-state index contributed by atoms with van der Waals surface area (Å²) in [6.07, 6.45) is -2.38. The van der Waals surface area contributed by atoms with E-state index in [4.69, 9.17) is 5.84 Å². The molecule has 10 heteroatoms. The van der Waals surface area contributed by atoms with Crippen LogP contribution in [-0.2, 0) is 19.6 Å². The van der Waals surface area contributed by atoms with Crippen molar-refractivity contribution in [1.29, 1.82) is 0 Å². The van der Waals surface area contributed by atoms with Crippen LogP contribution in [0.3, 0.4) is 0 Å². The van der Waals surface area contributed by atoms with Crippen LogP contribution in [0.2, 0.25) is 0 Å². The number of halogens is 3. The minimum absolute atomic E-state index is 0.0204. The summed E-state index contributed by atoms with van der Waals surface area (Å²) in [6.45, 7) is 1.89. The Morgan fingerprint density at radius 3 is 2.52 bits per heavy atom. The van der Waals surface area contributed by atoms with Gasteiger partial charge in [0.15, 0.2) is 0 Å². The topological polar surface area (TPSA) is 93.7 Å². The highest BCUT2D eigenvalue weighted by Gasteiger charge is 2.35. The van der Waals surface area contributed by atoms with E-state index in [1.807, 2.05) is 6.92 Å². The lowest BCUT2D eigenvalue weighted by Gasteiger charge is -2.11. The first-order valence-electron chi connectivity index (χ1n) is 6.06. The van der Waals surface area contributed by atoms with Crippen LogP contribution < -0.4 is 16.6 Å². The van der Waals surface area contributed by atoms with E-state index in [0.29, 0.717) is 17.8 Å². The summed E-state index contributed by atoms with van der Waals surface area (Å²) in [5, 5.41) is 6.99. The first-order chi connectivity index (χ1) is 9.83. The number of nitrogens with one attached hydrogen (secondary N) is 2. The Morgan fingerprint density at radius 2 is 1.95 bits per heavy atom. The van der Waals surface area contributed by atoms with Gasteiger partial charge >= 0.3 is 6.18 Å². The SMILES string of the molecule is CCc1nn(C)cc1Nc1cc(NN)nc(C(F)(F)F)n1. The molecule has 0 atom stereocenters. The highest BCUT2D eigenvalue weighted by Crippen LogP contribution is 2.29. The molecule has 0 amide bonds. The molecule has 21 heavy (non-hydrogen) atoms. The molecule has 2 heterocycles. The number of hydrogen-bond acceptors (Lipinski definition) is 6. The summed E-state index contributed by atoms with van der Waals surface area (Å²) < 4.78 is 39.8. The molecule has 114 valence electrons. The van der Waals surface area contributed by atoms with Gasteiger partial charge in [-0.1, -0.05) is 6.92 Å². The maximum absolute atomic E-state index is 12.7. The maximum Gasteiger partial charge on any atom is 0.451 e. The van der Waals surface area contributed by atoms with E-state index in [-0.39, 0.29) is 11.6 Å². The summed E-state index contributed by atoms with van der Waals surface area (Å²) in [4.78, 5) is 6.73. The van der Waals surface area contributed by atoms with Crippen molar-refractivity contribution in [2.75, 3.05) is 10.7 Å². The highest BCUT2D eigenvalue weighted by molar-refractivity contribution is 5.60. The van der Waals surface area contributed by atoms with Crippen molar-refractivity contribution in [3.8, 4) is 0 Å². The highest BCUT2D eigenvalue weighted by atomic mass is 19.4. The third kappa shape index (κ3) is 3.40. The number of aromatic nitrogens is 4. The van der Waals surface area contributed by atoms with Gasteiger partial charge in [0.25, 0.3) is 0 Å². The van der Waals surface area contributed by atoms with Gasteiger partial charge in [0.05, 0.1) is 11.4 Å². The monoisotopic (exact) mass is 301 g/mol. The molecule has 4 N–H and O–H groups in total. The second-order valence-corrected chi connectivity index (χ2v) is 4.25. The molecule has 7 nitrogen and oxygen atoms in total. The molecule has 0 aromatic carbocycles. The third-order valence-corrected chi connectivity index (χ3v) is 2.63. The van der Waals surface area contributed by atoms with Gasteiger partial charge in [-0.2, -0.15) is 18.3 Å². The van der Waals surface area contributed by atoms with Crippen molar-refractivity contribution >= 4 is 17.3 Å². The molecule has 2 aromatic rings. The molecule has 2 aromatic heterocycles. The van der Waals surface area contributed by atoms with Crippen LogP contribution in [0.5, 0.6) is 0 Å². The summed E-state index contributed by atoms with van der Waals surface area (Å²) in [7, 11) is 1.72. The van der Waals surface area contributed by atoms with E-state index >= 15 is 0 Å². The minimum Gasteiger partial charge on any atom is -0.337 e. The van der Waals surface area contributed by atoms with Crippen LogP contribution in [0.1, 0.15) is 18.4 Å². The largest absolute Gasteiger partial charge is 0.451 e. The predicted octanol–water partition coefficient (Wildman–Crippen LogP) is 1.82. The van der Waals surface area contributed by atoms with Gasteiger partial charge in [-0.05, 0) is 6.42 Å². The first kappa shape index (κ1) is 15.0. The predicted molar refractivity (Wildman–Crippen MR) is 70.7 cm³/mol. The fourth-order valence-electron chi connectivity index (χ4n) is 1.75. The zero-order chi connectivity index (χ0) is 15.6. The Labute approximate surface area is 118 Å². The molecule has 0 bridgehead atoms. The zero-order valence-corrected chi connectivity index (χ0v) is 11.4. The Balaban J connectivity index is 2.39. The zero-order valence-electron chi connectivity index (χ0n) is 11.4. The van der Waals surface area contributed by atoms with Crippen LogP contribution >= 0.6 is 0 Å². The van der Waals surface area contributed by atoms with Crippen LogP contribution in [0, 0.1) is 0 Å². The summed E-state index contributed by atoms with van der Waals surface area (Å²) in [5.41, 5.74) is 3.38. The van der Waals surface area contributed by atoms with Crippen LogP contribution in [-0.4, -0.2) is 19.7 Å². The number of nitrogen functional groups attached to an aromatic ring is 1. The Bertz CT molecular complexity index is 635. The molecule has 0 radical (unpaired) electrons. The number of alkyl halides is 3. The molecule has 0 aliphatic heterocycles. The molecular formula is C11H14F3N7. The average Bonchev–Trinajstić information content (AvgIpc) is 2.77. The molecular weight excluding hydrogens is 287 g/mol. The molecule has 0 fully saturated rings. The fraction of sp³-hybridized carbons (Fsp3) is 0.364. The van der Waals surface area contributed by atoms with Crippen molar-refractivity contribution in [2.45, 2.75) is 19.5 Å². The van der Waals surface area contributed by atoms with Gasteiger partial charge in [0.1, 0.15) is 11.6 Å². The van der Waals surface area contributed by atoms with Gasteiger partial charge in [-0.3, -0.25) is 4.68 Å². The van der Waals surface area contributed by atoms with Crippen LogP contribution in [0.15, 0.2) is 12.3 Å². The Hall–Kier alpha value is -2.36. The second-order valence-electron chi connectivity index (χ2n) is 4.25. The first-order valence-corrected chi connectivity index (χ1v) is 6.06. The van der Waals surface area contributed by atoms with Crippen molar-refractivity contribution in [3.05, 3.63) is 23.8 Å². The van der Waals surface area contributed by atoms with E-state index in [2.05, 4.69) is 25.8 Å². The van der Waals surface area contributed by atoms with Crippen molar-refractivity contribution in [2.24, 2.45) is 12.9 Å². The lowest BCUT2D eigenvalue weighted by atomic mass is 10.3. The standard InChI is InChI=1S/C11H14F3N7/c1-3-6-7(5-21(2)20-6)16-8-4-9(19-15)18-10(17-8)11(12,13)14/h4-5H,3,15H2,1-2H3,(H2,16,17,18,19). The fourth-order valence-corrected chi connectivity index (χ4v) is 1.75. The number of anilines is 3. The number of hydrogen-bond donors (Lipinski definition) is 3. The van der Waals surface area contributed by atoms with E-state index < -0.39 is 12.0 Å². The number of hydrazine groups is 1. The van der Waals surface area contributed by atoms with Crippen molar-refractivity contribution in [3.63, 3.8) is 0 Å². The van der Waals surface area contributed by atoms with E-state index in [9.17, 15) is 13.2 Å². The van der Waals surface area contributed by atoms with E-state index in [1.54, 1.807) is 17.9 Å². The van der Waals surface area contributed by atoms with Gasteiger partial charge in [0.2, 0.25) is 5.82 Å². The third-order valence-electron chi connectivity index (χ3n) is 2.63. The molecule has 2 rings (SSSR count). The molecule has 0 spiro atoms. The average molecular weight is 301 g/mol. The number of aryl methyl sites for hydroxylation is 2. The molecule has 0 unspecified atom stereocenters. The van der Waals surface area contributed by atoms with Crippen molar-refractivity contribution in [1.82, 2.24) is 19.7 Å². The molecule has 0 aliphatic rings. The van der Waals surface area contributed by atoms with Crippen molar-refractivity contribution < 1.29 is 13.2 Å². The molecule has 0 saturated carbocycles. The van der Waals surface area contributed by atoms with Crippen LogP contribution in [0.25, 0.3) is 0 Å². The lowest BCUT2D eigenvalue weighted by molar-refractivity contribution is -0.144. The Morgan fingerprint density at radius 1 is 1.29 bits per heavy atom. The summed E-state index contributed by atoms with van der Waals surface area (Å²) in [5.74, 6) is 3.70. The normalized spacial score (nSPS) is 11.5. The second kappa shape index (κ2) is 5.56. The molecule has 0 aliphatic carbocycles. The quantitative estimate of drug-likeness (QED) is 0.589. The van der Waals surface area contributed by atoms with Crippen LogP contribution in [0.4, 0.5) is 30.5 Å². The van der Waals surface area contributed by atoms with E-state index in [1.165, 1.54) is 6.07 Å². The smallest absolute Gasteiger partial charge is 0.337 e. The number of nitrogens with zero attached hydrogens (tertiary/aromatic N) is 4. The number of rotatable bonds is 4. The summed E-state index contributed by atoms with van der Waals surface area (Å²) >= 11 is 0. The molecule has 0 saturated heterocycles. The Kier molecular flexibility index (Phi) is 3.98. The minimum atomic E-state index is -4.66. The lowest BCUT2D eigenvalue weighted by Crippen LogP contribution is -2.16. The summed E-state index contributed by atoms with van der Waals surface area (Å²) in [6, 6.07) is 1.28. The van der Waals surface area contributed by atoms with Gasteiger partial charge < -0.3 is 10.7 Å². The van der Waals surface area contributed by atoms with Gasteiger partial charge in [-0.25, -0.2) is 15.8 Å². The number of nitrogens with two attached hydrogens (primary N) is 1. The van der Waals surface area contributed by atoms with E-state index in [0.717, 1.165) is 0 Å². The van der Waals surface area contributed by atoms with Gasteiger partial charge in [-0.15, -0.1) is 0 Å². The maximum atomic E-state index is 12.7. The van der Waals surface area contributed by atoms with Gasteiger partial charge in [0, 0.05) is 19.3 Å².